The summed E-state index contributed by atoms with van der Waals surface area (Å²) < 4.78 is 16.8. The minimum atomic E-state index is -0.760. The maximum atomic E-state index is 12.8. The number of hydrogen-bond acceptors (Lipinski definition) is 6. The van der Waals surface area contributed by atoms with Crippen molar-refractivity contribution in [3.05, 3.63) is 0 Å². The average Bonchev–Trinajstić information content (AvgIpc) is 3.27. The van der Waals surface area contributed by atoms with Gasteiger partial charge in [-0.3, -0.25) is 14.4 Å². The van der Waals surface area contributed by atoms with Gasteiger partial charge in [0.15, 0.2) is 6.10 Å². The number of esters is 3. The highest BCUT2D eigenvalue weighted by Gasteiger charge is 2.19. The van der Waals surface area contributed by atoms with Gasteiger partial charge < -0.3 is 14.2 Å². The summed E-state index contributed by atoms with van der Waals surface area (Å²) in [6.07, 6.45) is 53.9. The van der Waals surface area contributed by atoms with E-state index in [1.54, 1.807) is 0 Å². The summed E-state index contributed by atoms with van der Waals surface area (Å²) >= 11 is 0. The largest absolute Gasteiger partial charge is 0.462 e. The second-order valence-corrected chi connectivity index (χ2v) is 19.5. The molecule has 0 radical (unpaired) electrons. The standard InChI is InChI=1S/C56H108O6/c1-5-8-10-12-14-15-16-17-22-27-30-33-37-41-45-49-56(59)62-53(50-60-54(57)47-43-39-34-13-11-9-6-2)51-61-55(58)48-44-40-36-32-29-26-24-21-19-18-20-23-25-28-31-35-38-42-46-52(4)7-3/h52-53H,5-51H2,1-4H3/t52?,53-/m1/s1. The van der Waals surface area contributed by atoms with E-state index in [4.69, 9.17) is 14.2 Å². The van der Waals surface area contributed by atoms with E-state index < -0.39 is 6.10 Å². The number of ether oxygens (including phenoxy) is 3. The summed E-state index contributed by atoms with van der Waals surface area (Å²) in [6.45, 7) is 9.06. The van der Waals surface area contributed by atoms with Crippen LogP contribution in [0.15, 0.2) is 0 Å². The fourth-order valence-electron chi connectivity index (χ4n) is 8.54. The van der Waals surface area contributed by atoms with Crippen molar-refractivity contribution in [3.63, 3.8) is 0 Å². The van der Waals surface area contributed by atoms with Gasteiger partial charge in [0.25, 0.3) is 0 Å². The summed E-state index contributed by atoms with van der Waals surface area (Å²) in [5.41, 5.74) is 0. The van der Waals surface area contributed by atoms with Gasteiger partial charge in [-0.1, -0.05) is 278 Å². The molecule has 0 bridgehead atoms. The summed E-state index contributed by atoms with van der Waals surface area (Å²) in [5, 5.41) is 0. The first kappa shape index (κ1) is 60.4. The lowest BCUT2D eigenvalue weighted by Gasteiger charge is -2.18. The minimum Gasteiger partial charge on any atom is -0.462 e. The maximum Gasteiger partial charge on any atom is 0.306 e. The quantitative estimate of drug-likeness (QED) is 0.0344. The van der Waals surface area contributed by atoms with Crippen LogP contribution < -0.4 is 0 Å². The first-order valence-corrected chi connectivity index (χ1v) is 27.9. The Kier molecular flexibility index (Phi) is 49.1. The van der Waals surface area contributed by atoms with Gasteiger partial charge in [-0.2, -0.15) is 0 Å². The van der Waals surface area contributed by atoms with Crippen LogP contribution in [-0.2, 0) is 28.6 Å². The third-order valence-electron chi connectivity index (χ3n) is 13.2. The van der Waals surface area contributed by atoms with E-state index in [0.717, 1.165) is 63.7 Å². The molecule has 0 heterocycles. The Morgan fingerprint density at radius 3 is 0.839 bits per heavy atom. The Hall–Kier alpha value is -1.59. The Labute approximate surface area is 387 Å². The molecular formula is C56H108O6. The van der Waals surface area contributed by atoms with Crippen LogP contribution in [0, 0.1) is 5.92 Å². The van der Waals surface area contributed by atoms with Crippen molar-refractivity contribution >= 4 is 17.9 Å². The van der Waals surface area contributed by atoms with Gasteiger partial charge in [-0.05, 0) is 25.2 Å². The molecule has 6 nitrogen and oxygen atoms in total. The lowest BCUT2D eigenvalue weighted by atomic mass is 9.99. The zero-order valence-corrected chi connectivity index (χ0v) is 42.3. The molecule has 368 valence electrons. The van der Waals surface area contributed by atoms with Crippen LogP contribution in [0.5, 0.6) is 0 Å². The summed E-state index contributed by atoms with van der Waals surface area (Å²) in [5.74, 6) is 0.0636. The Balaban J connectivity index is 4.11. The van der Waals surface area contributed by atoms with E-state index in [-0.39, 0.29) is 31.1 Å². The van der Waals surface area contributed by atoms with E-state index in [0.29, 0.717) is 19.3 Å². The van der Waals surface area contributed by atoms with Crippen LogP contribution in [0.2, 0.25) is 0 Å². The molecule has 0 aliphatic carbocycles. The molecule has 0 aromatic rings. The number of rotatable bonds is 51. The van der Waals surface area contributed by atoms with Crippen molar-refractivity contribution in [2.24, 2.45) is 5.92 Å². The molecule has 1 unspecified atom stereocenters. The van der Waals surface area contributed by atoms with E-state index >= 15 is 0 Å². The van der Waals surface area contributed by atoms with Crippen LogP contribution >= 0.6 is 0 Å². The molecule has 0 aliphatic rings. The molecule has 0 fully saturated rings. The average molecular weight is 877 g/mol. The molecule has 6 heteroatoms. The lowest BCUT2D eigenvalue weighted by molar-refractivity contribution is -0.167. The minimum absolute atomic E-state index is 0.0626. The number of carbonyl (C=O) groups is 3. The Morgan fingerprint density at radius 1 is 0.323 bits per heavy atom. The van der Waals surface area contributed by atoms with Crippen molar-refractivity contribution in [1.29, 1.82) is 0 Å². The van der Waals surface area contributed by atoms with Crippen molar-refractivity contribution in [3.8, 4) is 0 Å². The highest BCUT2D eigenvalue weighted by molar-refractivity contribution is 5.71. The van der Waals surface area contributed by atoms with Crippen LogP contribution in [0.1, 0.15) is 317 Å². The fraction of sp³-hybridized carbons (Fsp3) is 0.946. The maximum absolute atomic E-state index is 12.8. The highest BCUT2D eigenvalue weighted by Crippen LogP contribution is 2.18. The van der Waals surface area contributed by atoms with E-state index in [1.165, 1.54) is 212 Å². The third-order valence-corrected chi connectivity index (χ3v) is 13.2. The Bertz CT molecular complexity index is 935. The summed E-state index contributed by atoms with van der Waals surface area (Å²) in [6, 6.07) is 0. The monoisotopic (exact) mass is 877 g/mol. The molecule has 0 saturated carbocycles. The molecule has 62 heavy (non-hydrogen) atoms. The first-order chi connectivity index (χ1) is 30.4. The smallest absolute Gasteiger partial charge is 0.306 e. The first-order valence-electron chi connectivity index (χ1n) is 27.9. The topological polar surface area (TPSA) is 78.9 Å². The highest BCUT2D eigenvalue weighted by atomic mass is 16.6. The van der Waals surface area contributed by atoms with Gasteiger partial charge in [0.1, 0.15) is 13.2 Å². The molecule has 0 spiro atoms. The zero-order valence-electron chi connectivity index (χ0n) is 42.3. The van der Waals surface area contributed by atoms with Crippen LogP contribution in [-0.4, -0.2) is 37.2 Å². The third kappa shape index (κ3) is 47.9. The summed E-state index contributed by atoms with van der Waals surface area (Å²) in [7, 11) is 0. The normalized spacial score (nSPS) is 12.4. The van der Waals surface area contributed by atoms with Crippen LogP contribution in [0.4, 0.5) is 0 Å². The molecular weight excluding hydrogens is 769 g/mol. The van der Waals surface area contributed by atoms with Gasteiger partial charge in [0.05, 0.1) is 0 Å². The van der Waals surface area contributed by atoms with Gasteiger partial charge >= 0.3 is 17.9 Å². The van der Waals surface area contributed by atoms with Crippen molar-refractivity contribution < 1.29 is 28.6 Å². The van der Waals surface area contributed by atoms with Crippen molar-refractivity contribution in [2.75, 3.05) is 13.2 Å². The second-order valence-electron chi connectivity index (χ2n) is 19.5. The molecule has 0 aliphatic heterocycles. The molecule has 0 N–H and O–H groups in total. The lowest BCUT2D eigenvalue weighted by Crippen LogP contribution is -2.30. The van der Waals surface area contributed by atoms with E-state index in [2.05, 4.69) is 27.7 Å². The van der Waals surface area contributed by atoms with Gasteiger partial charge in [-0.15, -0.1) is 0 Å². The predicted molar refractivity (Wildman–Crippen MR) is 266 cm³/mol. The van der Waals surface area contributed by atoms with Crippen molar-refractivity contribution in [2.45, 2.75) is 323 Å². The summed E-state index contributed by atoms with van der Waals surface area (Å²) in [4.78, 5) is 37.9. The molecule has 2 atom stereocenters. The molecule has 0 aromatic heterocycles. The van der Waals surface area contributed by atoms with Gasteiger partial charge in [0.2, 0.25) is 0 Å². The van der Waals surface area contributed by atoms with Crippen LogP contribution in [0.25, 0.3) is 0 Å². The zero-order chi connectivity index (χ0) is 45.2. The van der Waals surface area contributed by atoms with Gasteiger partial charge in [-0.25, -0.2) is 0 Å². The molecule has 0 rings (SSSR count). The predicted octanol–water partition coefficient (Wildman–Crippen LogP) is 18.2. The number of unbranched alkanes of at least 4 members (excludes halogenated alkanes) is 37. The Morgan fingerprint density at radius 2 is 0.565 bits per heavy atom. The van der Waals surface area contributed by atoms with E-state index in [9.17, 15) is 14.4 Å². The van der Waals surface area contributed by atoms with Crippen molar-refractivity contribution in [1.82, 2.24) is 0 Å². The number of carbonyl (C=O) groups excluding carboxylic acids is 3. The van der Waals surface area contributed by atoms with E-state index in [1.807, 2.05) is 0 Å². The fourth-order valence-corrected chi connectivity index (χ4v) is 8.54. The number of hydrogen-bond donors (Lipinski definition) is 0. The van der Waals surface area contributed by atoms with Gasteiger partial charge in [0, 0.05) is 19.3 Å². The van der Waals surface area contributed by atoms with Crippen LogP contribution in [0.3, 0.4) is 0 Å². The molecule has 0 aromatic carbocycles. The molecule has 0 amide bonds. The second kappa shape index (κ2) is 50.4. The molecule has 0 saturated heterocycles. The SMILES string of the molecule is CCCCCCCCCCCCCCCCCC(=O)O[C@H](COC(=O)CCCCCCCCC)COC(=O)CCCCCCCCCCCCCCCCCCCCC(C)CC.